The van der Waals surface area contributed by atoms with E-state index in [2.05, 4.69) is 27.2 Å². The lowest BCUT2D eigenvalue weighted by Crippen LogP contribution is -2.46. The quantitative estimate of drug-likeness (QED) is 0.373. The van der Waals surface area contributed by atoms with Gasteiger partial charge in [0.25, 0.3) is 5.91 Å². The maximum Gasteiger partial charge on any atom is 0.416 e. The molecule has 1 aliphatic carbocycles. The molecule has 1 fully saturated rings. The Morgan fingerprint density at radius 2 is 1.90 bits per heavy atom. The topological polar surface area (TPSA) is 134 Å². The molecule has 3 aromatic rings. The molecule has 226 valence electrons. The number of aromatic amines is 1. The minimum Gasteiger partial charge on any atom is -0.443 e. The predicted molar refractivity (Wildman–Crippen MR) is 166 cm³/mol. The summed E-state index contributed by atoms with van der Waals surface area (Å²) in [5.41, 5.74) is 9.24. The van der Waals surface area contributed by atoms with Crippen LogP contribution in [-0.2, 0) is 22.4 Å². The van der Waals surface area contributed by atoms with Crippen molar-refractivity contribution >= 4 is 45.3 Å². The number of hydrogen-bond donors (Lipinski definition) is 3. The summed E-state index contributed by atoms with van der Waals surface area (Å²) in [5, 5.41) is 4.75. The van der Waals surface area contributed by atoms with Crippen LogP contribution >= 0.6 is 11.3 Å². The fourth-order valence-corrected chi connectivity index (χ4v) is 7.04. The fraction of sp³-hybridized carbons (Fsp3) is 0.548. The zero-order valence-corrected chi connectivity index (χ0v) is 26.2. The van der Waals surface area contributed by atoms with Gasteiger partial charge in [-0.15, -0.1) is 0 Å². The molecule has 1 atom stereocenters. The summed E-state index contributed by atoms with van der Waals surface area (Å²) in [4.78, 5) is 51.5. The second kappa shape index (κ2) is 11.7. The molecule has 1 aromatic carbocycles. The molecule has 0 bridgehead atoms. The number of primary amides is 1. The van der Waals surface area contributed by atoms with Crippen molar-refractivity contribution in [3.8, 4) is 10.4 Å². The largest absolute Gasteiger partial charge is 0.443 e. The van der Waals surface area contributed by atoms with Crippen LogP contribution in [0.4, 0.5) is 9.93 Å². The molecule has 42 heavy (non-hydrogen) atoms. The minimum absolute atomic E-state index is 0.104. The predicted octanol–water partition coefficient (Wildman–Crippen LogP) is 4.86. The number of likely N-dealkylation sites (tertiary alicyclic amines) is 1. The molecule has 5 rings (SSSR count). The van der Waals surface area contributed by atoms with Gasteiger partial charge in [-0.1, -0.05) is 17.4 Å². The first-order valence-corrected chi connectivity index (χ1v) is 15.6. The van der Waals surface area contributed by atoms with Gasteiger partial charge in [0.15, 0.2) is 5.13 Å². The van der Waals surface area contributed by atoms with Gasteiger partial charge in [-0.2, -0.15) is 0 Å². The fourth-order valence-electron chi connectivity index (χ4n) is 5.97. The number of anilines is 1. The molecule has 2 aromatic heterocycles. The highest BCUT2D eigenvalue weighted by Gasteiger charge is 2.32. The lowest BCUT2D eigenvalue weighted by Gasteiger charge is -2.31. The first-order chi connectivity index (χ1) is 19.8. The van der Waals surface area contributed by atoms with E-state index < -0.39 is 17.6 Å². The Balaban J connectivity index is 1.46. The van der Waals surface area contributed by atoms with E-state index in [0.717, 1.165) is 59.4 Å². The number of amides is 3. The molecule has 2 aliphatic rings. The molecule has 10 nitrogen and oxygen atoms in total. The Bertz CT molecular complexity index is 1490. The van der Waals surface area contributed by atoms with E-state index in [9.17, 15) is 14.4 Å². The SMILES string of the molecule is CC(C)N(C(=O)OC(C)(C)C)c1ncc(-c2ccc(C(N)=O)c3[nH]c4c(c23)CCC(C(=O)NC2CCN(C)CC2)C4)s1. The number of nitrogens with one attached hydrogen (secondary N) is 2. The molecule has 1 aliphatic heterocycles. The number of ether oxygens (including phenoxy) is 1. The highest BCUT2D eigenvalue weighted by atomic mass is 32.1. The molecular weight excluding hydrogens is 552 g/mol. The van der Waals surface area contributed by atoms with Crippen molar-refractivity contribution in [2.24, 2.45) is 11.7 Å². The number of nitrogens with zero attached hydrogens (tertiary/aromatic N) is 3. The number of aryl methyl sites for hydroxylation is 1. The number of carbonyl (C=O) groups excluding carboxylic acids is 3. The summed E-state index contributed by atoms with van der Waals surface area (Å²) in [7, 11) is 2.11. The number of piperidine rings is 1. The number of fused-ring (bicyclic) bond motifs is 3. The van der Waals surface area contributed by atoms with E-state index in [1.54, 1.807) is 17.2 Å². The molecule has 0 radical (unpaired) electrons. The lowest BCUT2D eigenvalue weighted by molar-refractivity contribution is -0.126. The van der Waals surface area contributed by atoms with E-state index in [4.69, 9.17) is 10.5 Å². The van der Waals surface area contributed by atoms with Gasteiger partial charge in [-0.3, -0.25) is 14.5 Å². The third-order valence-corrected chi connectivity index (χ3v) is 9.14. The average Bonchev–Trinajstić information content (AvgIpc) is 3.53. The standard InChI is InChI=1S/C31H42N6O4S/c1-17(2)37(30(40)41-31(3,4)5)29-33-16-24(42-29)21-9-10-22(27(32)38)26-25(21)20-8-7-18(15-23(20)35-26)28(39)34-19-11-13-36(6)14-12-19/h9-10,16-19,35H,7-8,11-15H2,1-6H3,(H2,32,38)(H,34,39). The third kappa shape index (κ3) is 6.17. The van der Waals surface area contributed by atoms with Gasteiger partial charge in [0.05, 0.1) is 16.0 Å². The van der Waals surface area contributed by atoms with Crippen LogP contribution < -0.4 is 16.0 Å². The molecule has 4 N–H and O–H groups in total. The van der Waals surface area contributed by atoms with Gasteiger partial charge in [-0.25, -0.2) is 9.78 Å². The normalized spacial score (nSPS) is 18.2. The van der Waals surface area contributed by atoms with Gasteiger partial charge in [0.1, 0.15) is 5.60 Å². The van der Waals surface area contributed by atoms with Crippen molar-refractivity contribution < 1.29 is 19.1 Å². The summed E-state index contributed by atoms with van der Waals surface area (Å²) in [6.45, 7) is 11.3. The first-order valence-electron chi connectivity index (χ1n) is 14.8. The highest BCUT2D eigenvalue weighted by molar-refractivity contribution is 7.19. The molecule has 0 saturated carbocycles. The average molecular weight is 595 g/mol. The summed E-state index contributed by atoms with van der Waals surface area (Å²) in [6, 6.07) is 3.70. The molecule has 1 unspecified atom stereocenters. The molecule has 11 heteroatoms. The zero-order chi connectivity index (χ0) is 30.3. The summed E-state index contributed by atoms with van der Waals surface area (Å²) in [5.74, 6) is -0.538. The summed E-state index contributed by atoms with van der Waals surface area (Å²) >= 11 is 1.40. The number of carbonyl (C=O) groups is 3. The van der Waals surface area contributed by atoms with Gasteiger partial charge < -0.3 is 25.7 Å². The van der Waals surface area contributed by atoms with Crippen molar-refractivity contribution in [1.29, 1.82) is 0 Å². The van der Waals surface area contributed by atoms with Crippen LogP contribution in [-0.4, -0.2) is 70.6 Å². The van der Waals surface area contributed by atoms with Crippen molar-refractivity contribution in [2.75, 3.05) is 25.0 Å². The monoisotopic (exact) mass is 594 g/mol. The molecule has 3 heterocycles. The first kappa shape index (κ1) is 30.0. The Hall–Kier alpha value is -3.44. The molecule has 3 amide bonds. The highest BCUT2D eigenvalue weighted by Crippen LogP contribution is 2.42. The number of hydrogen-bond acceptors (Lipinski definition) is 7. The van der Waals surface area contributed by atoms with Crippen molar-refractivity contribution in [3.05, 3.63) is 35.2 Å². The van der Waals surface area contributed by atoms with E-state index in [0.29, 0.717) is 29.1 Å². The van der Waals surface area contributed by atoms with Crippen LogP contribution in [0.5, 0.6) is 0 Å². The van der Waals surface area contributed by atoms with Gasteiger partial charge in [-0.05, 0) is 98.5 Å². The van der Waals surface area contributed by atoms with Crippen LogP contribution in [0.3, 0.4) is 0 Å². The Labute approximate surface area is 251 Å². The number of thiazole rings is 1. The summed E-state index contributed by atoms with van der Waals surface area (Å²) < 4.78 is 5.65. The lowest BCUT2D eigenvalue weighted by atomic mass is 9.85. The van der Waals surface area contributed by atoms with E-state index in [-0.39, 0.29) is 23.9 Å². The van der Waals surface area contributed by atoms with Crippen LogP contribution in [0.2, 0.25) is 0 Å². The van der Waals surface area contributed by atoms with Crippen LogP contribution in [0.1, 0.15) is 75.5 Å². The smallest absolute Gasteiger partial charge is 0.416 e. The van der Waals surface area contributed by atoms with Crippen molar-refractivity contribution in [1.82, 2.24) is 20.2 Å². The van der Waals surface area contributed by atoms with E-state index in [1.165, 1.54) is 11.3 Å². The maximum atomic E-state index is 13.2. The Morgan fingerprint density at radius 1 is 1.19 bits per heavy atom. The van der Waals surface area contributed by atoms with Gasteiger partial charge in [0.2, 0.25) is 5.91 Å². The van der Waals surface area contributed by atoms with Crippen LogP contribution in [0, 0.1) is 5.92 Å². The summed E-state index contributed by atoms with van der Waals surface area (Å²) in [6.07, 6.45) is 5.26. The van der Waals surface area contributed by atoms with E-state index in [1.807, 2.05) is 40.7 Å². The number of benzene rings is 1. The molecule has 1 saturated heterocycles. The van der Waals surface area contributed by atoms with Crippen LogP contribution in [0.15, 0.2) is 18.3 Å². The Morgan fingerprint density at radius 3 is 2.55 bits per heavy atom. The van der Waals surface area contributed by atoms with Crippen molar-refractivity contribution in [2.45, 2.75) is 84.4 Å². The zero-order valence-electron chi connectivity index (χ0n) is 25.4. The maximum absolute atomic E-state index is 13.2. The molecule has 0 spiro atoms. The van der Waals surface area contributed by atoms with Crippen LogP contribution in [0.25, 0.3) is 21.3 Å². The number of H-pyrrole nitrogens is 1. The van der Waals surface area contributed by atoms with Gasteiger partial charge >= 0.3 is 6.09 Å². The number of nitrogens with two attached hydrogens (primary N) is 1. The number of rotatable bonds is 6. The van der Waals surface area contributed by atoms with Gasteiger partial charge in [0, 0.05) is 40.8 Å². The molecular formula is C31H42N6O4S. The van der Waals surface area contributed by atoms with Crippen molar-refractivity contribution in [3.63, 3.8) is 0 Å². The second-order valence-electron chi connectivity index (χ2n) is 12.8. The Kier molecular flexibility index (Phi) is 8.35. The third-order valence-electron chi connectivity index (χ3n) is 8.11. The minimum atomic E-state index is -0.632. The van der Waals surface area contributed by atoms with E-state index >= 15 is 0 Å². The number of aromatic nitrogens is 2. The second-order valence-corrected chi connectivity index (χ2v) is 13.8.